The average molecular weight is 415 g/mol. The summed E-state index contributed by atoms with van der Waals surface area (Å²) in [5, 5.41) is 3.09. The van der Waals surface area contributed by atoms with Gasteiger partial charge in [-0.15, -0.1) is 0 Å². The van der Waals surface area contributed by atoms with Crippen molar-refractivity contribution >= 4 is 40.1 Å². The van der Waals surface area contributed by atoms with Crippen LogP contribution >= 0.6 is 11.6 Å². The molecule has 0 spiro atoms. The third kappa shape index (κ3) is 4.19. The Kier molecular flexibility index (Phi) is 6.08. The van der Waals surface area contributed by atoms with Crippen LogP contribution in [0.4, 0.5) is 5.69 Å². The highest BCUT2D eigenvalue weighted by molar-refractivity contribution is 6.34. The standard InChI is InChI=1S/C21H23ClN4O3/c1-4-25-17-7-5-6-8-18(17)26(21(25)29)12-11-19(27)23-14-9-10-16(22)15(13-14)20(28)24(2)3/h5-10,13H,4,11-12H2,1-3H3,(H,23,27). The lowest BCUT2D eigenvalue weighted by Gasteiger charge is -2.13. The van der Waals surface area contributed by atoms with E-state index in [-0.39, 0.29) is 30.5 Å². The smallest absolute Gasteiger partial charge is 0.329 e. The molecule has 8 heteroatoms. The monoisotopic (exact) mass is 414 g/mol. The fourth-order valence-corrected chi connectivity index (χ4v) is 3.44. The second-order valence-electron chi connectivity index (χ2n) is 6.86. The SMILES string of the molecule is CCn1c(=O)n(CCC(=O)Nc2ccc(Cl)c(C(=O)N(C)C)c2)c2ccccc21. The minimum Gasteiger partial charge on any atom is -0.345 e. The molecule has 1 heterocycles. The van der Waals surface area contributed by atoms with Crippen molar-refractivity contribution in [3.8, 4) is 0 Å². The van der Waals surface area contributed by atoms with Crippen molar-refractivity contribution in [3.05, 3.63) is 63.5 Å². The van der Waals surface area contributed by atoms with Gasteiger partial charge in [0.2, 0.25) is 5.91 Å². The molecule has 0 radical (unpaired) electrons. The summed E-state index contributed by atoms with van der Waals surface area (Å²) in [5.74, 6) is -0.499. The molecule has 0 saturated heterocycles. The molecule has 2 amide bonds. The molecule has 3 aromatic rings. The molecule has 0 atom stereocenters. The van der Waals surface area contributed by atoms with Gasteiger partial charge in [0.1, 0.15) is 0 Å². The Balaban J connectivity index is 1.76. The maximum absolute atomic E-state index is 12.6. The van der Waals surface area contributed by atoms with Gasteiger partial charge in [-0.25, -0.2) is 4.79 Å². The molecule has 3 rings (SSSR count). The van der Waals surface area contributed by atoms with Gasteiger partial charge < -0.3 is 10.2 Å². The summed E-state index contributed by atoms with van der Waals surface area (Å²) in [7, 11) is 3.27. The number of anilines is 1. The minimum absolute atomic E-state index is 0.122. The summed E-state index contributed by atoms with van der Waals surface area (Å²) in [4.78, 5) is 38.7. The second kappa shape index (κ2) is 8.53. The van der Waals surface area contributed by atoms with E-state index in [1.807, 2.05) is 31.2 Å². The van der Waals surface area contributed by atoms with E-state index in [1.165, 1.54) is 4.90 Å². The number of hydrogen-bond acceptors (Lipinski definition) is 3. The first-order valence-corrected chi connectivity index (χ1v) is 9.70. The minimum atomic E-state index is -0.254. The first kappa shape index (κ1) is 20.7. The van der Waals surface area contributed by atoms with Crippen LogP contribution in [-0.2, 0) is 17.9 Å². The summed E-state index contributed by atoms with van der Waals surface area (Å²) in [5.41, 5.74) is 2.32. The molecule has 0 bridgehead atoms. The van der Waals surface area contributed by atoms with Gasteiger partial charge in [0.25, 0.3) is 5.91 Å². The molecule has 0 aliphatic rings. The molecular weight excluding hydrogens is 392 g/mol. The van der Waals surface area contributed by atoms with Crippen LogP contribution in [0.3, 0.4) is 0 Å². The lowest BCUT2D eigenvalue weighted by Crippen LogP contribution is -2.26. The zero-order valence-corrected chi connectivity index (χ0v) is 17.4. The predicted octanol–water partition coefficient (Wildman–Crippen LogP) is 3.21. The molecule has 1 N–H and O–H groups in total. The van der Waals surface area contributed by atoms with Gasteiger partial charge in [-0.2, -0.15) is 0 Å². The number of carbonyl (C=O) groups is 2. The second-order valence-corrected chi connectivity index (χ2v) is 7.27. The Labute approximate surface area is 173 Å². The van der Waals surface area contributed by atoms with Crippen LogP contribution in [0.5, 0.6) is 0 Å². The van der Waals surface area contributed by atoms with E-state index in [0.29, 0.717) is 22.8 Å². The number of benzene rings is 2. The van der Waals surface area contributed by atoms with Gasteiger partial charge in [0.05, 0.1) is 21.6 Å². The van der Waals surface area contributed by atoms with Crippen LogP contribution in [0, 0.1) is 0 Å². The van der Waals surface area contributed by atoms with Crippen LogP contribution in [-0.4, -0.2) is 39.9 Å². The lowest BCUT2D eigenvalue weighted by molar-refractivity contribution is -0.116. The molecule has 0 aliphatic heterocycles. The number of imidazole rings is 1. The first-order valence-electron chi connectivity index (χ1n) is 9.32. The quantitative estimate of drug-likeness (QED) is 0.672. The molecule has 1 aromatic heterocycles. The van der Waals surface area contributed by atoms with Crippen molar-refractivity contribution in [1.29, 1.82) is 0 Å². The summed E-state index contributed by atoms with van der Waals surface area (Å²) in [6.45, 7) is 2.74. The third-order valence-corrected chi connectivity index (χ3v) is 5.02. The van der Waals surface area contributed by atoms with Crippen molar-refractivity contribution in [3.63, 3.8) is 0 Å². The van der Waals surface area contributed by atoms with E-state index in [2.05, 4.69) is 5.32 Å². The summed E-state index contributed by atoms with van der Waals surface area (Å²) in [6.07, 6.45) is 0.122. The highest BCUT2D eigenvalue weighted by Crippen LogP contribution is 2.22. The molecule has 152 valence electrons. The van der Waals surface area contributed by atoms with E-state index >= 15 is 0 Å². The molecule has 29 heavy (non-hydrogen) atoms. The predicted molar refractivity (Wildman–Crippen MR) is 115 cm³/mol. The molecule has 0 fully saturated rings. The van der Waals surface area contributed by atoms with Crippen molar-refractivity contribution < 1.29 is 9.59 Å². The van der Waals surface area contributed by atoms with Gasteiger partial charge >= 0.3 is 5.69 Å². The van der Waals surface area contributed by atoms with E-state index < -0.39 is 0 Å². The number of aromatic nitrogens is 2. The van der Waals surface area contributed by atoms with Crippen LogP contribution in [0.1, 0.15) is 23.7 Å². The molecular formula is C21H23ClN4O3. The zero-order valence-electron chi connectivity index (χ0n) is 16.6. The van der Waals surface area contributed by atoms with Crippen molar-refractivity contribution in [2.24, 2.45) is 0 Å². The maximum atomic E-state index is 12.6. The van der Waals surface area contributed by atoms with Crippen LogP contribution in [0.2, 0.25) is 5.02 Å². The fourth-order valence-electron chi connectivity index (χ4n) is 3.24. The normalized spacial score (nSPS) is 10.9. The Bertz CT molecular complexity index is 1130. The summed E-state index contributed by atoms with van der Waals surface area (Å²) < 4.78 is 3.30. The summed E-state index contributed by atoms with van der Waals surface area (Å²) in [6, 6.07) is 12.3. The fraction of sp³-hybridized carbons (Fsp3) is 0.286. The number of hydrogen-bond donors (Lipinski definition) is 1. The van der Waals surface area contributed by atoms with E-state index in [1.54, 1.807) is 41.4 Å². The molecule has 0 unspecified atom stereocenters. The van der Waals surface area contributed by atoms with Gasteiger partial charge in [0.15, 0.2) is 0 Å². The number of para-hydroxylation sites is 2. The Morgan fingerprint density at radius 3 is 2.34 bits per heavy atom. The van der Waals surface area contributed by atoms with Crippen molar-refractivity contribution in [2.75, 3.05) is 19.4 Å². The topological polar surface area (TPSA) is 76.3 Å². The number of halogens is 1. The molecule has 0 saturated carbocycles. The zero-order chi connectivity index (χ0) is 21.1. The van der Waals surface area contributed by atoms with Gasteiger partial charge in [-0.1, -0.05) is 23.7 Å². The van der Waals surface area contributed by atoms with Crippen molar-refractivity contribution in [2.45, 2.75) is 26.4 Å². The third-order valence-electron chi connectivity index (χ3n) is 4.69. The average Bonchev–Trinajstić information content (AvgIpc) is 2.97. The molecule has 0 aliphatic carbocycles. The van der Waals surface area contributed by atoms with E-state index in [0.717, 1.165) is 11.0 Å². The highest BCUT2D eigenvalue weighted by atomic mass is 35.5. The number of carbonyl (C=O) groups excluding carboxylic acids is 2. The molecule has 2 aromatic carbocycles. The highest BCUT2D eigenvalue weighted by Gasteiger charge is 2.15. The van der Waals surface area contributed by atoms with Crippen LogP contribution in [0.25, 0.3) is 11.0 Å². The summed E-state index contributed by atoms with van der Waals surface area (Å²) >= 11 is 6.10. The number of aryl methyl sites for hydroxylation is 2. The number of amides is 2. The number of rotatable bonds is 6. The van der Waals surface area contributed by atoms with Gasteiger partial charge in [-0.3, -0.25) is 18.7 Å². The first-order chi connectivity index (χ1) is 13.8. The Hall–Kier alpha value is -3.06. The van der Waals surface area contributed by atoms with Crippen LogP contribution < -0.4 is 11.0 Å². The lowest BCUT2D eigenvalue weighted by atomic mass is 10.1. The van der Waals surface area contributed by atoms with Crippen LogP contribution in [0.15, 0.2) is 47.3 Å². The number of fused-ring (bicyclic) bond motifs is 1. The molecule has 7 nitrogen and oxygen atoms in total. The number of nitrogens with one attached hydrogen (secondary N) is 1. The van der Waals surface area contributed by atoms with E-state index in [4.69, 9.17) is 11.6 Å². The Morgan fingerprint density at radius 2 is 1.72 bits per heavy atom. The maximum Gasteiger partial charge on any atom is 0.329 e. The van der Waals surface area contributed by atoms with Gasteiger partial charge in [0, 0.05) is 39.3 Å². The van der Waals surface area contributed by atoms with Crippen molar-refractivity contribution in [1.82, 2.24) is 14.0 Å². The van der Waals surface area contributed by atoms with E-state index in [9.17, 15) is 14.4 Å². The van der Waals surface area contributed by atoms with Gasteiger partial charge in [-0.05, 0) is 37.3 Å². The largest absolute Gasteiger partial charge is 0.345 e. The Morgan fingerprint density at radius 1 is 1.07 bits per heavy atom. The number of nitrogens with zero attached hydrogens (tertiary/aromatic N) is 3.